The van der Waals surface area contributed by atoms with Crippen LogP contribution in [-0.2, 0) is 17.8 Å². The molecule has 1 atom stereocenters. The smallest absolute Gasteiger partial charge is 0.303 e. The highest BCUT2D eigenvalue weighted by molar-refractivity contribution is 6.01. The van der Waals surface area contributed by atoms with Crippen molar-refractivity contribution in [3.8, 4) is 22.6 Å². The lowest BCUT2D eigenvalue weighted by Gasteiger charge is -2.29. The van der Waals surface area contributed by atoms with Gasteiger partial charge in [-0.2, -0.15) is 0 Å². The summed E-state index contributed by atoms with van der Waals surface area (Å²) < 4.78 is 25.5. The summed E-state index contributed by atoms with van der Waals surface area (Å²) in [4.78, 5) is 13.2. The highest BCUT2D eigenvalue weighted by Gasteiger charge is 2.22. The molecule has 3 aromatic rings. The molecule has 5 nitrogen and oxygen atoms in total. The first kappa shape index (κ1) is 23.1. The Morgan fingerprint density at radius 3 is 2.45 bits per heavy atom. The number of aliphatic carboxylic acids is 1. The van der Waals surface area contributed by atoms with Gasteiger partial charge in [0.25, 0.3) is 0 Å². The Labute approximate surface area is 193 Å². The summed E-state index contributed by atoms with van der Waals surface area (Å²) >= 11 is 0. The third kappa shape index (κ3) is 5.11. The van der Waals surface area contributed by atoms with Gasteiger partial charge in [0.2, 0.25) is 0 Å². The molecule has 1 aliphatic heterocycles. The van der Waals surface area contributed by atoms with Gasteiger partial charge in [-0.1, -0.05) is 36.4 Å². The van der Waals surface area contributed by atoms with E-state index in [0.29, 0.717) is 37.4 Å². The minimum Gasteiger partial charge on any atom is -0.496 e. The number of carboxylic acids is 1. The first-order valence-electron chi connectivity index (χ1n) is 11.3. The van der Waals surface area contributed by atoms with Crippen LogP contribution in [-0.4, -0.2) is 49.5 Å². The third-order valence-electron chi connectivity index (χ3n) is 6.31. The second-order valence-corrected chi connectivity index (χ2v) is 8.56. The van der Waals surface area contributed by atoms with Crippen LogP contribution < -0.4 is 9.47 Å². The molecule has 0 amide bonds. The minimum atomic E-state index is -0.810. The molecule has 3 aromatic carbocycles. The molecule has 1 heterocycles. The fourth-order valence-corrected chi connectivity index (χ4v) is 4.78. The summed E-state index contributed by atoms with van der Waals surface area (Å²) in [6, 6.07) is 16.0. The Morgan fingerprint density at radius 1 is 1.09 bits per heavy atom. The average Bonchev–Trinajstić information content (AvgIpc) is 2.81. The molecule has 1 N–H and O–H groups in total. The number of hydrogen-bond acceptors (Lipinski definition) is 4. The topological polar surface area (TPSA) is 59.0 Å². The molecule has 0 saturated carbocycles. The van der Waals surface area contributed by atoms with Crippen LogP contribution in [0.1, 0.15) is 30.4 Å². The molecule has 6 heteroatoms. The first-order chi connectivity index (χ1) is 16.0. The average molecular weight is 452 g/mol. The van der Waals surface area contributed by atoms with Crippen molar-refractivity contribution < 1.29 is 23.8 Å². The molecule has 1 aliphatic rings. The lowest BCUT2D eigenvalue weighted by molar-refractivity contribution is -0.136. The fraction of sp³-hybridized carbons (Fsp3) is 0.370. The van der Waals surface area contributed by atoms with Crippen molar-refractivity contribution in [3.05, 3.63) is 59.7 Å². The van der Waals surface area contributed by atoms with Crippen LogP contribution in [0.15, 0.2) is 48.5 Å². The van der Waals surface area contributed by atoms with E-state index >= 15 is 0 Å². The van der Waals surface area contributed by atoms with Gasteiger partial charge in [0.05, 0.1) is 19.8 Å². The van der Waals surface area contributed by atoms with E-state index in [1.54, 1.807) is 14.2 Å². The van der Waals surface area contributed by atoms with E-state index in [1.807, 2.05) is 48.5 Å². The second-order valence-electron chi connectivity index (χ2n) is 8.56. The Hall–Kier alpha value is -3.12. The molecule has 174 valence electrons. The molecular weight excluding hydrogens is 421 g/mol. The maximum absolute atomic E-state index is 13.9. The molecule has 1 unspecified atom stereocenters. The Kier molecular flexibility index (Phi) is 7.14. The van der Waals surface area contributed by atoms with Crippen LogP contribution in [0.25, 0.3) is 21.9 Å². The van der Waals surface area contributed by atoms with Crippen molar-refractivity contribution in [2.75, 3.05) is 27.3 Å². The summed E-state index contributed by atoms with van der Waals surface area (Å²) in [6.45, 7) is 1.98. The zero-order chi connectivity index (χ0) is 23.4. The number of halogens is 1. The lowest BCUT2D eigenvalue weighted by atomic mass is 9.92. The Morgan fingerprint density at radius 2 is 1.79 bits per heavy atom. The lowest BCUT2D eigenvalue weighted by Crippen LogP contribution is -2.35. The van der Waals surface area contributed by atoms with Gasteiger partial charge in [0, 0.05) is 19.5 Å². The zero-order valence-electron chi connectivity index (χ0n) is 19.1. The van der Waals surface area contributed by atoms with Gasteiger partial charge in [-0.15, -0.1) is 0 Å². The molecule has 1 fully saturated rings. The number of ether oxygens (including phenoxy) is 2. The quantitative estimate of drug-likeness (QED) is 0.492. The molecule has 0 spiro atoms. The van der Waals surface area contributed by atoms with Crippen molar-refractivity contribution in [1.29, 1.82) is 0 Å². The van der Waals surface area contributed by atoms with Gasteiger partial charge in [-0.25, -0.2) is 4.39 Å². The van der Waals surface area contributed by atoms with Crippen LogP contribution in [0.3, 0.4) is 0 Å². The van der Waals surface area contributed by atoms with E-state index < -0.39 is 12.1 Å². The molecule has 4 rings (SSSR count). The summed E-state index contributed by atoms with van der Waals surface area (Å²) in [7, 11) is 3.29. The molecular formula is C27H30FNO4. The SMILES string of the molecule is COc1cc(CN2CCCC(F)C2)cc(OC)c1-c1cccc2c(CCC(=O)O)cccc12. The van der Waals surface area contributed by atoms with Crippen molar-refractivity contribution in [3.63, 3.8) is 0 Å². The van der Waals surface area contributed by atoms with Crippen LogP contribution in [0.2, 0.25) is 0 Å². The van der Waals surface area contributed by atoms with Gasteiger partial charge in [-0.3, -0.25) is 9.69 Å². The van der Waals surface area contributed by atoms with E-state index in [-0.39, 0.29) is 6.42 Å². The fourth-order valence-electron chi connectivity index (χ4n) is 4.78. The number of piperidine rings is 1. The maximum atomic E-state index is 13.9. The number of benzene rings is 3. The van der Waals surface area contributed by atoms with Gasteiger partial charge in [-0.05, 0) is 65.4 Å². The van der Waals surface area contributed by atoms with Crippen molar-refractivity contribution in [2.24, 2.45) is 0 Å². The molecule has 33 heavy (non-hydrogen) atoms. The molecule has 0 aromatic heterocycles. The summed E-state index contributed by atoms with van der Waals surface area (Å²) in [5.41, 5.74) is 3.83. The minimum absolute atomic E-state index is 0.0842. The summed E-state index contributed by atoms with van der Waals surface area (Å²) in [5, 5.41) is 11.2. The van der Waals surface area contributed by atoms with Crippen molar-refractivity contribution in [2.45, 2.75) is 38.4 Å². The van der Waals surface area contributed by atoms with Crippen LogP contribution >= 0.6 is 0 Å². The highest BCUT2D eigenvalue weighted by atomic mass is 19.1. The maximum Gasteiger partial charge on any atom is 0.303 e. The van der Waals surface area contributed by atoms with E-state index in [9.17, 15) is 9.18 Å². The van der Waals surface area contributed by atoms with E-state index in [4.69, 9.17) is 14.6 Å². The van der Waals surface area contributed by atoms with Crippen LogP contribution in [0.5, 0.6) is 11.5 Å². The summed E-state index contributed by atoms with van der Waals surface area (Å²) in [6.07, 6.45) is 1.29. The second kappa shape index (κ2) is 10.2. The number of fused-ring (bicyclic) bond motifs is 1. The number of carboxylic acid groups (broad SMARTS) is 1. The normalized spacial score (nSPS) is 16.6. The Balaban J connectivity index is 1.76. The monoisotopic (exact) mass is 451 g/mol. The number of nitrogens with zero attached hydrogens (tertiary/aromatic N) is 1. The third-order valence-corrected chi connectivity index (χ3v) is 6.31. The van der Waals surface area contributed by atoms with Gasteiger partial charge >= 0.3 is 5.97 Å². The van der Waals surface area contributed by atoms with Crippen LogP contribution in [0.4, 0.5) is 4.39 Å². The number of rotatable bonds is 8. The molecule has 0 aliphatic carbocycles. The van der Waals surface area contributed by atoms with E-state index in [0.717, 1.165) is 46.0 Å². The largest absolute Gasteiger partial charge is 0.496 e. The predicted octanol–water partition coefficient (Wildman–Crippen LogP) is 5.48. The highest BCUT2D eigenvalue weighted by Crippen LogP contribution is 2.43. The molecule has 0 radical (unpaired) electrons. The van der Waals surface area contributed by atoms with Gasteiger partial charge in [0.15, 0.2) is 0 Å². The van der Waals surface area contributed by atoms with Crippen molar-refractivity contribution in [1.82, 2.24) is 4.90 Å². The summed E-state index contributed by atoms with van der Waals surface area (Å²) in [5.74, 6) is 0.582. The number of methoxy groups -OCH3 is 2. The standard InChI is InChI=1S/C27H30FNO4/c1-32-24-14-18(16-29-13-5-7-20(28)17-29)15-25(33-2)27(24)23-10-4-8-21-19(11-12-26(30)31)6-3-9-22(21)23/h3-4,6,8-10,14-15,20H,5,7,11-13,16-17H2,1-2H3,(H,30,31). The number of likely N-dealkylation sites (tertiary alicyclic amines) is 1. The van der Waals surface area contributed by atoms with E-state index in [1.165, 1.54) is 0 Å². The predicted molar refractivity (Wildman–Crippen MR) is 128 cm³/mol. The zero-order valence-corrected chi connectivity index (χ0v) is 19.1. The number of carbonyl (C=O) groups is 1. The van der Waals surface area contributed by atoms with Gasteiger partial charge in [0.1, 0.15) is 17.7 Å². The molecule has 1 saturated heterocycles. The first-order valence-corrected chi connectivity index (χ1v) is 11.3. The Bertz CT molecular complexity index is 1120. The number of hydrogen-bond donors (Lipinski definition) is 1. The van der Waals surface area contributed by atoms with Crippen LogP contribution in [0, 0.1) is 0 Å². The van der Waals surface area contributed by atoms with Gasteiger partial charge < -0.3 is 14.6 Å². The molecule has 0 bridgehead atoms. The van der Waals surface area contributed by atoms with Crippen molar-refractivity contribution >= 4 is 16.7 Å². The number of alkyl halides is 1. The number of aryl methyl sites for hydroxylation is 1. The van der Waals surface area contributed by atoms with E-state index in [2.05, 4.69) is 4.90 Å².